The first-order valence-corrected chi connectivity index (χ1v) is 17.0. The monoisotopic (exact) mass is 715 g/mol. The van der Waals surface area contributed by atoms with Crippen LogP contribution in [0, 0.1) is 17.5 Å². The molecule has 49 heavy (non-hydrogen) atoms. The molecular formula is C34H33ClF3N5O5S. The SMILES string of the molecule is COC(=O)N(C(=O)[C@@H](N)[C@@H](c1ccc(Cl)cc1)c1cc(F)cc(F)c1)c1cncc(F)c1CC[C@H]1CNCCN1S(=O)(=O)c1ccccc1. The van der Waals surface area contributed by atoms with Gasteiger partial charge in [-0.25, -0.2) is 31.3 Å². The molecule has 1 aromatic heterocycles. The Morgan fingerprint density at radius 2 is 1.71 bits per heavy atom. The second-order valence-corrected chi connectivity index (χ2v) is 13.7. The van der Waals surface area contributed by atoms with Crippen LogP contribution in [0.25, 0.3) is 0 Å². The highest BCUT2D eigenvalue weighted by Crippen LogP contribution is 2.33. The zero-order valence-electron chi connectivity index (χ0n) is 26.2. The van der Waals surface area contributed by atoms with Crippen molar-refractivity contribution in [2.24, 2.45) is 5.73 Å². The van der Waals surface area contributed by atoms with Crippen LogP contribution >= 0.6 is 11.6 Å². The smallest absolute Gasteiger partial charge is 0.421 e. The fourth-order valence-electron chi connectivity index (χ4n) is 5.96. The number of imide groups is 1. The third-order valence-corrected chi connectivity index (χ3v) is 10.5. The Morgan fingerprint density at radius 1 is 1.04 bits per heavy atom. The standard InChI is InChI=1S/C34H33ClF3N5O5S/c1-48-34(45)43(33(44)32(39)31(21-7-9-23(35)10-8-21)22-15-24(36)17-25(37)16-22)30-20-41-19-29(38)28(30)12-11-26-18-40-13-14-42(26)49(46,47)27-5-3-2-4-6-27/h2-10,15-17,19-20,26,31-32,40H,11-14,18,39H2,1H3/t26-,31-,32-/m0/s1. The van der Waals surface area contributed by atoms with Gasteiger partial charge in [0, 0.05) is 48.2 Å². The Balaban J connectivity index is 1.50. The summed E-state index contributed by atoms with van der Waals surface area (Å²) in [6, 6.07) is 14.4. The zero-order chi connectivity index (χ0) is 35.3. The van der Waals surface area contributed by atoms with Crippen molar-refractivity contribution in [3.8, 4) is 0 Å². The fraction of sp³-hybridized carbons (Fsp3) is 0.265. The lowest BCUT2D eigenvalue weighted by Crippen LogP contribution is -2.53. The molecule has 15 heteroatoms. The third-order valence-electron chi connectivity index (χ3n) is 8.29. The molecule has 0 saturated carbocycles. The molecule has 2 amide bonds. The number of rotatable bonds is 10. The van der Waals surface area contributed by atoms with Crippen LogP contribution in [0.2, 0.25) is 5.02 Å². The molecule has 0 spiro atoms. The first-order valence-electron chi connectivity index (χ1n) is 15.2. The molecule has 0 radical (unpaired) electrons. The zero-order valence-corrected chi connectivity index (χ0v) is 27.8. The molecular weight excluding hydrogens is 683 g/mol. The van der Waals surface area contributed by atoms with Crippen molar-refractivity contribution in [3.05, 3.63) is 124 Å². The van der Waals surface area contributed by atoms with E-state index in [0.717, 1.165) is 31.6 Å². The number of piperazine rings is 1. The molecule has 10 nitrogen and oxygen atoms in total. The van der Waals surface area contributed by atoms with Gasteiger partial charge in [-0.3, -0.25) is 9.78 Å². The Bertz CT molecular complexity index is 1900. The predicted octanol–water partition coefficient (Wildman–Crippen LogP) is 5.01. The molecule has 1 aliphatic rings. The minimum absolute atomic E-state index is 0.00686. The van der Waals surface area contributed by atoms with Gasteiger partial charge in [-0.15, -0.1) is 0 Å². The number of carbonyl (C=O) groups is 2. The molecule has 0 unspecified atom stereocenters. The van der Waals surface area contributed by atoms with E-state index in [1.54, 1.807) is 18.2 Å². The minimum atomic E-state index is -3.90. The first-order chi connectivity index (χ1) is 23.4. The van der Waals surface area contributed by atoms with Crippen molar-refractivity contribution in [3.63, 3.8) is 0 Å². The number of hydrogen-bond acceptors (Lipinski definition) is 8. The quantitative estimate of drug-likeness (QED) is 0.234. The van der Waals surface area contributed by atoms with Gasteiger partial charge in [0.15, 0.2) is 0 Å². The molecule has 3 atom stereocenters. The van der Waals surface area contributed by atoms with E-state index >= 15 is 4.39 Å². The number of anilines is 1. The Kier molecular flexibility index (Phi) is 11.4. The van der Waals surface area contributed by atoms with E-state index < -0.39 is 57.5 Å². The van der Waals surface area contributed by atoms with Gasteiger partial charge in [0.05, 0.1) is 36.1 Å². The second kappa shape index (κ2) is 15.5. The summed E-state index contributed by atoms with van der Waals surface area (Å²) in [5.74, 6) is -4.99. The number of amides is 2. The highest BCUT2D eigenvalue weighted by atomic mass is 35.5. The van der Waals surface area contributed by atoms with Crippen LogP contribution in [0.3, 0.4) is 0 Å². The lowest BCUT2D eigenvalue weighted by molar-refractivity contribution is -0.119. The van der Waals surface area contributed by atoms with Crippen molar-refractivity contribution < 1.29 is 35.9 Å². The number of ether oxygens (including phenoxy) is 1. The summed E-state index contributed by atoms with van der Waals surface area (Å²) >= 11 is 6.06. The molecule has 1 fully saturated rings. The Labute approximate surface area is 286 Å². The second-order valence-electron chi connectivity index (χ2n) is 11.3. The number of pyridine rings is 1. The third kappa shape index (κ3) is 7.94. The molecule has 4 aromatic rings. The number of nitrogens with zero attached hydrogens (tertiary/aromatic N) is 3. The summed E-state index contributed by atoms with van der Waals surface area (Å²) in [6.45, 7) is 0.845. The number of sulfonamides is 1. The average molecular weight is 716 g/mol. The minimum Gasteiger partial charge on any atom is -0.452 e. The van der Waals surface area contributed by atoms with Crippen LogP contribution in [-0.4, -0.2) is 68.5 Å². The summed E-state index contributed by atoms with van der Waals surface area (Å²) in [6.07, 6.45) is 0.752. The molecule has 3 N–H and O–H groups in total. The summed E-state index contributed by atoms with van der Waals surface area (Å²) in [7, 11) is -2.88. The van der Waals surface area contributed by atoms with Crippen molar-refractivity contribution in [1.82, 2.24) is 14.6 Å². The topological polar surface area (TPSA) is 135 Å². The fourth-order valence-corrected chi connectivity index (χ4v) is 7.76. The molecule has 0 bridgehead atoms. The highest BCUT2D eigenvalue weighted by molar-refractivity contribution is 7.89. The van der Waals surface area contributed by atoms with Gasteiger partial charge in [-0.1, -0.05) is 41.9 Å². The maximum absolute atomic E-state index is 15.6. The lowest BCUT2D eigenvalue weighted by Gasteiger charge is -2.35. The van der Waals surface area contributed by atoms with Crippen LogP contribution < -0.4 is 16.0 Å². The summed E-state index contributed by atoms with van der Waals surface area (Å²) < 4.78 is 77.7. The molecule has 1 saturated heterocycles. The van der Waals surface area contributed by atoms with E-state index in [4.69, 9.17) is 22.1 Å². The first kappa shape index (κ1) is 36.0. The normalized spacial score (nSPS) is 16.5. The van der Waals surface area contributed by atoms with E-state index in [1.807, 2.05) is 0 Å². The van der Waals surface area contributed by atoms with Gasteiger partial charge >= 0.3 is 6.09 Å². The summed E-state index contributed by atoms with van der Waals surface area (Å²) in [5, 5.41) is 3.51. The van der Waals surface area contributed by atoms with Crippen molar-refractivity contribution >= 4 is 39.3 Å². The van der Waals surface area contributed by atoms with E-state index in [0.29, 0.717) is 28.1 Å². The lowest BCUT2D eigenvalue weighted by atomic mass is 9.84. The van der Waals surface area contributed by atoms with Crippen molar-refractivity contribution in [2.75, 3.05) is 31.6 Å². The summed E-state index contributed by atoms with van der Waals surface area (Å²) in [4.78, 5) is 32.0. The van der Waals surface area contributed by atoms with Gasteiger partial charge in [-0.05, 0) is 60.4 Å². The van der Waals surface area contributed by atoms with E-state index in [1.165, 1.54) is 40.7 Å². The van der Waals surface area contributed by atoms with Crippen LogP contribution in [-0.2, 0) is 26.0 Å². The molecule has 0 aliphatic carbocycles. The van der Waals surface area contributed by atoms with Crippen molar-refractivity contribution in [1.29, 1.82) is 0 Å². The predicted molar refractivity (Wildman–Crippen MR) is 177 cm³/mol. The van der Waals surface area contributed by atoms with Crippen LogP contribution in [0.4, 0.5) is 23.7 Å². The van der Waals surface area contributed by atoms with E-state index in [9.17, 15) is 26.8 Å². The van der Waals surface area contributed by atoms with Crippen LogP contribution in [0.1, 0.15) is 29.0 Å². The number of nitrogens with two attached hydrogens (primary N) is 1. The van der Waals surface area contributed by atoms with Crippen molar-refractivity contribution in [2.45, 2.75) is 35.7 Å². The highest BCUT2D eigenvalue weighted by Gasteiger charge is 2.38. The van der Waals surface area contributed by atoms with Gasteiger partial charge < -0.3 is 15.8 Å². The number of methoxy groups -OCH3 is 1. The number of halogens is 4. The molecule has 5 rings (SSSR count). The molecule has 1 aliphatic heterocycles. The maximum atomic E-state index is 15.6. The summed E-state index contributed by atoms with van der Waals surface area (Å²) in [5.41, 5.74) is 6.46. The Morgan fingerprint density at radius 3 is 2.37 bits per heavy atom. The largest absolute Gasteiger partial charge is 0.452 e. The van der Waals surface area contributed by atoms with Gasteiger partial charge in [-0.2, -0.15) is 4.31 Å². The van der Waals surface area contributed by atoms with Gasteiger partial charge in [0.2, 0.25) is 10.0 Å². The number of benzene rings is 3. The average Bonchev–Trinajstić information content (AvgIpc) is 3.09. The van der Waals surface area contributed by atoms with E-state index in [2.05, 4.69) is 10.3 Å². The Hall–Kier alpha value is -4.34. The maximum Gasteiger partial charge on any atom is 0.421 e. The molecule has 3 aromatic carbocycles. The van der Waals surface area contributed by atoms with Gasteiger partial charge in [0.25, 0.3) is 5.91 Å². The number of hydrogen-bond donors (Lipinski definition) is 2. The number of aromatic nitrogens is 1. The number of nitrogens with one attached hydrogen (secondary N) is 1. The van der Waals surface area contributed by atoms with Gasteiger partial charge in [0.1, 0.15) is 17.5 Å². The van der Waals surface area contributed by atoms with E-state index in [-0.39, 0.29) is 47.6 Å². The van der Waals surface area contributed by atoms with Crippen LogP contribution in [0.15, 0.2) is 90.1 Å². The van der Waals surface area contributed by atoms with Crippen LogP contribution in [0.5, 0.6) is 0 Å². The molecule has 2 heterocycles. The number of carbonyl (C=O) groups excluding carboxylic acids is 2. The molecule has 258 valence electrons.